The number of hydrogen-bond acceptors (Lipinski definition) is 4. The van der Waals surface area contributed by atoms with Crippen LogP contribution in [0.5, 0.6) is 0 Å². The van der Waals surface area contributed by atoms with Crippen LogP contribution in [-0.2, 0) is 4.79 Å². The first-order valence-corrected chi connectivity index (χ1v) is 8.06. The van der Waals surface area contributed by atoms with Crippen LogP contribution in [0, 0.1) is 5.82 Å². The molecule has 0 atom stereocenters. The standard InChI is InChI=1S/C17H10FNO3S2/c18-12-7-3-4-8-13(12)19-15(20)14(24-17(19)23)9-10-5-1-2-6-11(10)16(21)22/h1-9H,(H,21,22)/b14-9+. The average Bonchev–Trinajstić information content (AvgIpc) is 2.82. The van der Waals surface area contributed by atoms with Gasteiger partial charge in [-0.05, 0) is 29.8 Å². The minimum absolute atomic E-state index is 0.0775. The quantitative estimate of drug-likeness (QED) is 0.665. The molecular formula is C17H10FNO3S2. The van der Waals surface area contributed by atoms with Gasteiger partial charge in [0.1, 0.15) is 5.82 Å². The summed E-state index contributed by atoms with van der Waals surface area (Å²) in [5, 5.41) is 9.22. The number of hydrogen-bond donors (Lipinski definition) is 1. The molecular weight excluding hydrogens is 349 g/mol. The van der Waals surface area contributed by atoms with Crippen molar-refractivity contribution in [2.45, 2.75) is 0 Å². The highest BCUT2D eigenvalue weighted by atomic mass is 32.2. The first-order valence-electron chi connectivity index (χ1n) is 6.84. The fraction of sp³-hybridized carbons (Fsp3) is 0. The lowest BCUT2D eigenvalue weighted by Crippen LogP contribution is -2.28. The molecule has 2 aromatic carbocycles. The summed E-state index contributed by atoms with van der Waals surface area (Å²) in [5.41, 5.74) is 0.544. The second kappa shape index (κ2) is 6.54. The summed E-state index contributed by atoms with van der Waals surface area (Å²) in [6.07, 6.45) is 1.46. The molecule has 1 aliphatic rings. The van der Waals surface area contributed by atoms with E-state index >= 15 is 0 Å². The first kappa shape index (κ1) is 16.4. The van der Waals surface area contributed by atoms with Crippen molar-refractivity contribution in [2.75, 3.05) is 4.90 Å². The zero-order chi connectivity index (χ0) is 17.3. The van der Waals surface area contributed by atoms with E-state index < -0.39 is 17.7 Å². The molecule has 1 aliphatic heterocycles. The van der Waals surface area contributed by atoms with Gasteiger partial charge in [0.15, 0.2) is 4.32 Å². The minimum Gasteiger partial charge on any atom is -0.478 e. The van der Waals surface area contributed by atoms with Crippen LogP contribution < -0.4 is 4.90 Å². The summed E-state index contributed by atoms with van der Waals surface area (Å²) in [6, 6.07) is 12.2. The third-order valence-electron chi connectivity index (χ3n) is 3.36. The van der Waals surface area contributed by atoms with Crippen molar-refractivity contribution < 1.29 is 19.1 Å². The highest BCUT2D eigenvalue weighted by molar-refractivity contribution is 8.27. The molecule has 1 saturated heterocycles. The van der Waals surface area contributed by atoms with Crippen molar-refractivity contribution in [1.29, 1.82) is 0 Å². The molecule has 0 unspecified atom stereocenters. The van der Waals surface area contributed by atoms with Gasteiger partial charge < -0.3 is 5.11 Å². The maximum atomic E-state index is 14.0. The molecule has 1 N–H and O–H groups in total. The van der Waals surface area contributed by atoms with Gasteiger partial charge in [0.05, 0.1) is 16.2 Å². The lowest BCUT2D eigenvalue weighted by molar-refractivity contribution is -0.113. The first-order chi connectivity index (χ1) is 11.5. The van der Waals surface area contributed by atoms with E-state index in [4.69, 9.17) is 12.2 Å². The molecule has 0 aliphatic carbocycles. The number of anilines is 1. The van der Waals surface area contributed by atoms with Gasteiger partial charge in [0.2, 0.25) is 0 Å². The number of carbonyl (C=O) groups excluding carboxylic acids is 1. The van der Waals surface area contributed by atoms with Gasteiger partial charge in [-0.1, -0.05) is 54.3 Å². The second-order valence-electron chi connectivity index (χ2n) is 4.86. The van der Waals surface area contributed by atoms with Crippen molar-refractivity contribution in [3.8, 4) is 0 Å². The molecule has 2 aromatic rings. The molecule has 1 amide bonds. The van der Waals surface area contributed by atoms with E-state index in [9.17, 15) is 19.1 Å². The van der Waals surface area contributed by atoms with Crippen LogP contribution in [0.15, 0.2) is 53.4 Å². The van der Waals surface area contributed by atoms with Crippen molar-refractivity contribution in [2.24, 2.45) is 0 Å². The number of para-hydroxylation sites is 1. The smallest absolute Gasteiger partial charge is 0.336 e. The van der Waals surface area contributed by atoms with Crippen molar-refractivity contribution in [3.63, 3.8) is 0 Å². The Morgan fingerprint density at radius 2 is 1.83 bits per heavy atom. The van der Waals surface area contributed by atoms with E-state index in [2.05, 4.69) is 0 Å². The number of carbonyl (C=O) groups is 2. The van der Waals surface area contributed by atoms with Crippen LogP contribution in [0.25, 0.3) is 6.08 Å². The zero-order valence-corrected chi connectivity index (χ0v) is 13.7. The van der Waals surface area contributed by atoms with E-state index in [1.807, 2.05) is 0 Å². The molecule has 7 heteroatoms. The lowest BCUT2D eigenvalue weighted by atomic mass is 10.1. The molecule has 4 nitrogen and oxygen atoms in total. The normalized spacial score (nSPS) is 16.0. The zero-order valence-electron chi connectivity index (χ0n) is 12.1. The van der Waals surface area contributed by atoms with Crippen molar-refractivity contribution in [3.05, 3.63) is 70.4 Å². The number of nitrogens with zero attached hydrogens (tertiary/aromatic N) is 1. The summed E-state index contributed by atoms with van der Waals surface area (Å²) in [6.45, 7) is 0. The number of rotatable bonds is 3. The molecule has 0 spiro atoms. The molecule has 0 radical (unpaired) electrons. The van der Waals surface area contributed by atoms with Crippen LogP contribution in [0.2, 0.25) is 0 Å². The molecule has 24 heavy (non-hydrogen) atoms. The predicted molar refractivity (Wildman–Crippen MR) is 95.5 cm³/mol. The molecule has 0 bridgehead atoms. The highest BCUT2D eigenvalue weighted by Crippen LogP contribution is 2.37. The number of thioether (sulfide) groups is 1. The topological polar surface area (TPSA) is 57.6 Å². The maximum Gasteiger partial charge on any atom is 0.336 e. The predicted octanol–water partition coefficient (Wildman–Crippen LogP) is 3.93. The van der Waals surface area contributed by atoms with Gasteiger partial charge in [0.25, 0.3) is 5.91 Å². The molecule has 3 rings (SSSR count). The number of halogens is 1. The van der Waals surface area contributed by atoms with E-state index in [1.54, 1.807) is 24.3 Å². The van der Waals surface area contributed by atoms with E-state index in [0.717, 1.165) is 16.7 Å². The Hall–Kier alpha value is -2.51. The number of thiocarbonyl (C=S) groups is 1. The maximum absolute atomic E-state index is 14.0. The van der Waals surface area contributed by atoms with Crippen molar-refractivity contribution >= 4 is 51.9 Å². The fourth-order valence-corrected chi connectivity index (χ4v) is 3.54. The Labute approximate surface area is 146 Å². The summed E-state index contributed by atoms with van der Waals surface area (Å²) < 4.78 is 14.2. The van der Waals surface area contributed by atoms with Crippen LogP contribution in [-0.4, -0.2) is 21.3 Å². The van der Waals surface area contributed by atoms with Crippen LogP contribution in [0.4, 0.5) is 10.1 Å². The third-order valence-corrected chi connectivity index (χ3v) is 4.67. The Balaban J connectivity index is 2.01. The molecule has 1 fully saturated rings. The van der Waals surface area contributed by atoms with Gasteiger partial charge in [-0.15, -0.1) is 0 Å². The summed E-state index contributed by atoms with van der Waals surface area (Å²) >= 11 is 6.19. The minimum atomic E-state index is -1.09. The van der Waals surface area contributed by atoms with Crippen LogP contribution in [0.1, 0.15) is 15.9 Å². The van der Waals surface area contributed by atoms with Crippen LogP contribution in [0.3, 0.4) is 0 Å². The Morgan fingerprint density at radius 3 is 2.54 bits per heavy atom. The van der Waals surface area contributed by atoms with Gasteiger partial charge in [0, 0.05) is 0 Å². The lowest BCUT2D eigenvalue weighted by Gasteiger charge is -2.14. The number of amides is 1. The molecule has 0 saturated carbocycles. The number of benzene rings is 2. The third kappa shape index (κ3) is 2.95. The monoisotopic (exact) mass is 359 g/mol. The Kier molecular flexibility index (Phi) is 4.46. The van der Waals surface area contributed by atoms with E-state index in [1.165, 1.54) is 30.3 Å². The van der Waals surface area contributed by atoms with E-state index in [0.29, 0.717) is 5.56 Å². The molecule has 0 aromatic heterocycles. The van der Waals surface area contributed by atoms with Gasteiger partial charge in [-0.2, -0.15) is 0 Å². The van der Waals surface area contributed by atoms with Crippen LogP contribution >= 0.6 is 24.0 Å². The van der Waals surface area contributed by atoms with Gasteiger partial charge in [-0.3, -0.25) is 9.69 Å². The van der Waals surface area contributed by atoms with Crippen molar-refractivity contribution in [1.82, 2.24) is 0 Å². The van der Waals surface area contributed by atoms with Gasteiger partial charge >= 0.3 is 5.97 Å². The number of carboxylic acids is 1. The Morgan fingerprint density at radius 1 is 1.17 bits per heavy atom. The molecule has 1 heterocycles. The van der Waals surface area contributed by atoms with Gasteiger partial charge in [-0.25, -0.2) is 9.18 Å². The summed E-state index contributed by atoms with van der Waals surface area (Å²) in [7, 11) is 0. The second-order valence-corrected chi connectivity index (χ2v) is 6.54. The Bertz CT molecular complexity index is 895. The highest BCUT2D eigenvalue weighted by Gasteiger charge is 2.34. The SMILES string of the molecule is O=C(O)c1ccccc1/C=C1/SC(=S)N(c2ccccc2F)C1=O. The number of aromatic carboxylic acids is 1. The molecule has 120 valence electrons. The number of carboxylic acid groups (broad SMARTS) is 1. The van der Waals surface area contributed by atoms with E-state index in [-0.39, 0.29) is 20.5 Å². The average molecular weight is 359 g/mol. The fourth-order valence-electron chi connectivity index (χ4n) is 2.27. The summed E-state index contributed by atoms with van der Waals surface area (Å²) in [4.78, 5) is 25.2. The largest absolute Gasteiger partial charge is 0.478 e. The summed E-state index contributed by atoms with van der Waals surface area (Å²) in [5.74, 6) is -2.12.